The first-order valence-corrected chi connectivity index (χ1v) is 4.08. The van der Waals surface area contributed by atoms with Gasteiger partial charge in [0.25, 0.3) is 0 Å². The van der Waals surface area contributed by atoms with E-state index in [1.165, 1.54) is 0 Å². The third-order valence-electron chi connectivity index (χ3n) is 0.982. The van der Waals surface area contributed by atoms with Crippen LogP contribution in [0.3, 0.4) is 0 Å². The van der Waals surface area contributed by atoms with Crippen LogP contribution in [-0.2, 0) is 0 Å². The summed E-state index contributed by atoms with van der Waals surface area (Å²) in [5.41, 5.74) is 0. The zero-order valence-electron chi connectivity index (χ0n) is 5.48. The van der Waals surface area contributed by atoms with Crippen LogP contribution in [0.4, 0.5) is 22.0 Å². The summed E-state index contributed by atoms with van der Waals surface area (Å²) in [4.78, 5) is 0. The monoisotopic (exact) mass is 284 g/mol. The van der Waals surface area contributed by atoms with Crippen LogP contribution >= 0.6 is 46.4 Å². The van der Waals surface area contributed by atoms with Crippen molar-refractivity contribution >= 4 is 46.4 Å². The Morgan fingerprint density at radius 1 is 0.769 bits per heavy atom. The molecule has 0 saturated heterocycles. The van der Waals surface area contributed by atoms with E-state index >= 15 is 0 Å². The second-order valence-corrected chi connectivity index (χ2v) is 4.93. The Morgan fingerprint density at radius 3 is 1.08 bits per heavy atom. The van der Waals surface area contributed by atoms with Crippen LogP contribution < -0.4 is 0 Å². The molecule has 0 aliphatic heterocycles. The van der Waals surface area contributed by atoms with Crippen molar-refractivity contribution < 1.29 is 22.0 Å². The lowest BCUT2D eigenvalue weighted by atomic mass is 10.2. The highest BCUT2D eigenvalue weighted by Gasteiger charge is 2.64. The van der Waals surface area contributed by atoms with Crippen LogP contribution in [0.2, 0.25) is 0 Å². The fourth-order valence-electron chi connectivity index (χ4n) is 0.557. The summed E-state index contributed by atoms with van der Waals surface area (Å²) in [7, 11) is 0. The van der Waals surface area contributed by atoms with Crippen LogP contribution in [0.25, 0.3) is 0 Å². The van der Waals surface area contributed by atoms with Gasteiger partial charge in [0.15, 0.2) is 5.92 Å². The molecule has 0 aromatic heterocycles. The lowest BCUT2D eigenvalue weighted by molar-refractivity contribution is -0.215. The first kappa shape index (κ1) is 13.8. The van der Waals surface area contributed by atoms with Gasteiger partial charge in [0.1, 0.15) is 0 Å². The maximum atomic E-state index is 12.2. The van der Waals surface area contributed by atoms with Gasteiger partial charge in [-0.15, -0.1) is 0 Å². The fraction of sp³-hybridized carbons (Fsp3) is 1.00. The highest BCUT2D eigenvalue weighted by atomic mass is 35.6. The average Bonchev–Trinajstić information content (AvgIpc) is 1.44. The zero-order chi connectivity index (χ0) is 11.1. The highest BCUT2D eigenvalue weighted by molar-refractivity contribution is 6.68. The summed E-state index contributed by atoms with van der Waals surface area (Å²) in [6.07, 6.45) is -5.39. The Bertz CT molecular complexity index is 143. The van der Waals surface area contributed by atoms with Gasteiger partial charge in [-0.3, -0.25) is 0 Å². The Morgan fingerprint density at radius 2 is 1.08 bits per heavy atom. The first-order chi connectivity index (χ1) is 5.37. The number of halogens is 9. The molecule has 0 rings (SSSR count). The molecule has 13 heavy (non-hydrogen) atoms. The van der Waals surface area contributed by atoms with Gasteiger partial charge in [-0.2, -0.15) is 22.0 Å². The molecule has 1 atom stereocenters. The molecule has 0 fully saturated rings. The van der Waals surface area contributed by atoms with Crippen molar-refractivity contribution in [1.29, 1.82) is 0 Å². The minimum atomic E-state index is -5.39. The highest BCUT2D eigenvalue weighted by Crippen LogP contribution is 2.53. The summed E-state index contributed by atoms with van der Waals surface area (Å²) in [6, 6.07) is 0. The number of alkyl halides is 9. The van der Waals surface area contributed by atoms with Crippen LogP contribution in [0.5, 0.6) is 0 Å². The van der Waals surface area contributed by atoms with Crippen molar-refractivity contribution in [3.63, 3.8) is 0 Å². The normalized spacial score (nSPS) is 17.3. The summed E-state index contributed by atoms with van der Waals surface area (Å²) >= 11 is 18.3. The average molecular weight is 286 g/mol. The SMILES string of the molecule is FC(F)(F)C(C(F)(F)Cl)C(Cl)(Cl)Cl. The third-order valence-corrected chi connectivity index (χ3v) is 1.85. The summed E-state index contributed by atoms with van der Waals surface area (Å²) in [5.74, 6) is -3.54. The topological polar surface area (TPSA) is 0 Å². The third kappa shape index (κ3) is 4.23. The summed E-state index contributed by atoms with van der Waals surface area (Å²) in [6.45, 7) is 0. The van der Waals surface area contributed by atoms with Gasteiger partial charge in [-0.1, -0.05) is 34.8 Å². The van der Waals surface area contributed by atoms with E-state index in [1.54, 1.807) is 0 Å². The maximum Gasteiger partial charge on any atom is 0.403 e. The molecular formula is C4HCl4F5. The summed E-state index contributed by atoms with van der Waals surface area (Å²) < 4.78 is 56.8. The van der Waals surface area contributed by atoms with Crippen molar-refractivity contribution in [2.24, 2.45) is 5.92 Å². The number of hydrogen-bond acceptors (Lipinski definition) is 0. The predicted octanol–water partition coefficient (Wildman–Crippen LogP) is 4.37. The molecule has 0 aliphatic rings. The quantitative estimate of drug-likeness (QED) is 0.496. The molecule has 0 nitrogen and oxygen atoms in total. The molecule has 0 saturated carbocycles. The number of hydrogen-bond donors (Lipinski definition) is 0. The van der Waals surface area contributed by atoms with E-state index in [-0.39, 0.29) is 0 Å². The minimum absolute atomic E-state index is 3.20. The maximum absolute atomic E-state index is 12.2. The Hall–Kier alpha value is 0.810. The lowest BCUT2D eigenvalue weighted by Gasteiger charge is -2.29. The fourth-order valence-corrected chi connectivity index (χ4v) is 1.79. The molecule has 0 heterocycles. The van der Waals surface area contributed by atoms with Crippen molar-refractivity contribution in [3.05, 3.63) is 0 Å². The second kappa shape index (κ2) is 3.76. The van der Waals surface area contributed by atoms with E-state index in [9.17, 15) is 22.0 Å². The van der Waals surface area contributed by atoms with Gasteiger partial charge in [0, 0.05) is 0 Å². The van der Waals surface area contributed by atoms with E-state index < -0.39 is 21.3 Å². The molecule has 0 radical (unpaired) electrons. The molecule has 0 amide bonds. The first-order valence-electron chi connectivity index (χ1n) is 2.57. The van der Waals surface area contributed by atoms with Crippen molar-refractivity contribution in [2.75, 3.05) is 0 Å². The Labute approximate surface area is 89.9 Å². The van der Waals surface area contributed by atoms with Gasteiger partial charge in [0.05, 0.1) is 0 Å². The molecule has 0 aliphatic carbocycles. The van der Waals surface area contributed by atoms with Crippen molar-refractivity contribution in [2.45, 2.75) is 15.4 Å². The van der Waals surface area contributed by atoms with Gasteiger partial charge in [-0.05, 0) is 11.6 Å². The molecule has 0 aromatic carbocycles. The Kier molecular flexibility index (Phi) is 3.99. The van der Waals surface area contributed by atoms with E-state index in [0.29, 0.717) is 0 Å². The van der Waals surface area contributed by atoms with Gasteiger partial charge in [0.2, 0.25) is 3.79 Å². The van der Waals surface area contributed by atoms with Crippen LogP contribution in [0.15, 0.2) is 0 Å². The van der Waals surface area contributed by atoms with Gasteiger partial charge >= 0.3 is 11.6 Å². The predicted molar refractivity (Wildman–Crippen MR) is 40.6 cm³/mol. The molecule has 9 heteroatoms. The van der Waals surface area contributed by atoms with E-state index in [4.69, 9.17) is 34.8 Å². The Balaban J connectivity index is 5.02. The van der Waals surface area contributed by atoms with E-state index in [2.05, 4.69) is 11.6 Å². The molecule has 0 bridgehead atoms. The summed E-state index contributed by atoms with van der Waals surface area (Å²) in [5, 5.41) is -4.66. The zero-order valence-corrected chi connectivity index (χ0v) is 8.50. The van der Waals surface area contributed by atoms with Crippen molar-refractivity contribution in [1.82, 2.24) is 0 Å². The lowest BCUT2D eigenvalue weighted by Crippen LogP contribution is -2.44. The molecule has 0 aromatic rings. The molecule has 0 N–H and O–H groups in total. The van der Waals surface area contributed by atoms with Crippen LogP contribution in [-0.4, -0.2) is 15.4 Å². The second-order valence-electron chi connectivity index (χ2n) is 2.06. The van der Waals surface area contributed by atoms with Gasteiger partial charge in [-0.25, -0.2) is 0 Å². The van der Waals surface area contributed by atoms with Crippen LogP contribution in [0.1, 0.15) is 0 Å². The number of rotatable bonds is 1. The molecule has 80 valence electrons. The largest absolute Gasteiger partial charge is 0.403 e. The van der Waals surface area contributed by atoms with Gasteiger partial charge < -0.3 is 0 Å². The smallest absolute Gasteiger partial charge is 0.187 e. The molecule has 0 spiro atoms. The molecular weight excluding hydrogens is 285 g/mol. The van der Waals surface area contributed by atoms with Crippen LogP contribution in [0, 0.1) is 5.92 Å². The van der Waals surface area contributed by atoms with E-state index in [0.717, 1.165) is 0 Å². The van der Waals surface area contributed by atoms with E-state index in [1.807, 2.05) is 0 Å². The molecule has 1 unspecified atom stereocenters. The van der Waals surface area contributed by atoms with Crippen molar-refractivity contribution in [3.8, 4) is 0 Å². The minimum Gasteiger partial charge on any atom is -0.187 e. The standard InChI is InChI=1S/C4HCl4F5/c5-2(6,7)1(3(8,9)10)4(11,12)13/h1H.